The molecule has 24 heavy (non-hydrogen) atoms. The summed E-state index contributed by atoms with van der Waals surface area (Å²) in [5.74, 6) is 0.644. The summed E-state index contributed by atoms with van der Waals surface area (Å²) in [5, 5.41) is 12.0. The largest absolute Gasteiger partial charge is 0.497 e. The van der Waals surface area contributed by atoms with Crippen LogP contribution in [0.5, 0.6) is 11.5 Å². The standard InChI is InChI=1S/C18H15BrN2O3/c1-23-16-6-7-17(24-2)12(9-16)8-13(11-20)18(22)21-15-5-3-4-14(19)10-15/h3-10H,1-2H3,(H,21,22). The van der Waals surface area contributed by atoms with E-state index in [1.807, 2.05) is 12.1 Å². The van der Waals surface area contributed by atoms with Gasteiger partial charge in [0, 0.05) is 15.7 Å². The molecule has 2 rings (SSSR count). The maximum absolute atomic E-state index is 12.3. The van der Waals surface area contributed by atoms with E-state index in [0.29, 0.717) is 22.7 Å². The molecule has 0 spiro atoms. The van der Waals surface area contributed by atoms with Gasteiger partial charge >= 0.3 is 0 Å². The van der Waals surface area contributed by atoms with Crippen LogP contribution >= 0.6 is 15.9 Å². The van der Waals surface area contributed by atoms with Gasteiger partial charge in [-0.25, -0.2) is 0 Å². The molecule has 0 fully saturated rings. The molecule has 2 aromatic carbocycles. The Morgan fingerprint density at radius 2 is 2.00 bits per heavy atom. The molecule has 0 aliphatic carbocycles. The van der Waals surface area contributed by atoms with E-state index in [1.165, 1.54) is 13.2 Å². The van der Waals surface area contributed by atoms with Crippen molar-refractivity contribution < 1.29 is 14.3 Å². The Bertz CT molecular complexity index is 825. The zero-order chi connectivity index (χ0) is 17.5. The fraction of sp³-hybridized carbons (Fsp3) is 0.111. The minimum Gasteiger partial charge on any atom is -0.497 e. The maximum Gasteiger partial charge on any atom is 0.266 e. The summed E-state index contributed by atoms with van der Waals surface area (Å²) >= 11 is 3.33. The van der Waals surface area contributed by atoms with E-state index in [2.05, 4.69) is 21.2 Å². The van der Waals surface area contributed by atoms with Crippen LogP contribution in [0.4, 0.5) is 5.69 Å². The Hall–Kier alpha value is -2.78. The van der Waals surface area contributed by atoms with Gasteiger partial charge in [0.05, 0.1) is 14.2 Å². The third kappa shape index (κ3) is 4.37. The van der Waals surface area contributed by atoms with E-state index in [1.54, 1.807) is 43.5 Å². The van der Waals surface area contributed by atoms with Gasteiger partial charge in [-0.15, -0.1) is 0 Å². The summed E-state index contributed by atoms with van der Waals surface area (Å²) in [5.41, 5.74) is 1.13. The monoisotopic (exact) mass is 386 g/mol. The molecular formula is C18H15BrN2O3. The van der Waals surface area contributed by atoms with Crippen LogP contribution in [-0.2, 0) is 4.79 Å². The lowest BCUT2D eigenvalue weighted by atomic mass is 10.1. The SMILES string of the molecule is COc1ccc(OC)c(C=C(C#N)C(=O)Nc2cccc(Br)c2)c1. The van der Waals surface area contributed by atoms with E-state index < -0.39 is 5.91 Å². The first-order valence-corrected chi connectivity index (χ1v) is 7.77. The average Bonchev–Trinajstić information content (AvgIpc) is 2.59. The third-order valence-electron chi connectivity index (χ3n) is 3.18. The Balaban J connectivity index is 2.32. The molecule has 6 heteroatoms. The van der Waals surface area contributed by atoms with Crippen molar-refractivity contribution in [2.24, 2.45) is 0 Å². The second-order valence-corrected chi connectivity index (χ2v) is 5.66. The van der Waals surface area contributed by atoms with Crippen LogP contribution in [0.2, 0.25) is 0 Å². The minimum absolute atomic E-state index is 0.0403. The van der Waals surface area contributed by atoms with Crippen LogP contribution in [0.3, 0.4) is 0 Å². The van der Waals surface area contributed by atoms with Gasteiger partial charge in [0.25, 0.3) is 5.91 Å². The number of methoxy groups -OCH3 is 2. The van der Waals surface area contributed by atoms with Crippen molar-refractivity contribution in [3.05, 3.63) is 58.1 Å². The van der Waals surface area contributed by atoms with E-state index >= 15 is 0 Å². The summed E-state index contributed by atoms with van der Waals surface area (Å²) in [7, 11) is 3.06. The Kier molecular flexibility index (Phi) is 5.99. The predicted octanol–water partition coefficient (Wildman–Crippen LogP) is 4.01. The van der Waals surface area contributed by atoms with Gasteiger partial charge in [-0.1, -0.05) is 22.0 Å². The van der Waals surface area contributed by atoms with Gasteiger partial charge in [-0.2, -0.15) is 5.26 Å². The lowest BCUT2D eigenvalue weighted by Crippen LogP contribution is -2.13. The zero-order valence-electron chi connectivity index (χ0n) is 13.2. The topological polar surface area (TPSA) is 71.3 Å². The van der Waals surface area contributed by atoms with E-state index in [-0.39, 0.29) is 5.57 Å². The number of nitrogens with zero attached hydrogens (tertiary/aromatic N) is 1. The smallest absolute Gasteiger partial charge is 0.266 e. The summed E-state index contributed by atoms with van der Waals surface area (Å²) in [6.07, 6.45) is 1.47. The highest BCUT2D eigenvalue weighted by atomic mass is 79.9. The van der Waals surface area contributed by atoms with Crippen LogP contribution in [-0.4, -0.2) is 20.1 Å². The molecule has 5 nitrogen and oxygen atoms in total. The highest BCUT2D eigenvalue weighted by molar-refractivity contribution is 9.10. The Labute approximate surface area is 148 Å². The fourth-order valence-corrected chi connectivity index (χ4v) is 2.42. The van der Waals surface area contributed by atoms with E-state index in [9.17, 15) is 10.1 Å². The second kappa shape index (κ2) is 8.18. The highest BCUT2D eigenvalue weighted by Gasteiger charge is 2.12. The maximum atomic E-state index is 12.3. The number of carbonyl (C=O) groups excluding carboxylic acids is 1. The quantitative estimate of drug-likeness (QED) is 0.622. The van der Waals surface area contributed by atoms with Gasteiger partial charge in [-0.3, -0.25) is 4.79 Å². The highest BCUT2D eigenvalue weighted by Crippen LogP contribution is 2.26. The number of benzene rings is 2. The fourth-order valence-electron chi connectivity index (χ4n) is 2.02. The first-order chi connectivity index (χ1) is 11.6. The van der Waals surface area contributed by atoms with Crippen LogP contribution < -0.4 is 14.8 Å². The lowest BCUT2D eigenvalue weighted by molar-refractivity contribution is -0.112. The molecule has 0 saturated heterocycles. The summed E-state index contributed by atoms with van der Waals surface area (Å²) in [6.45, 7) is 0. The molecule has 1 amide bonds. The molecule has 0 aliphatic heterocycles. The molecule has 0 radical (unpaired) electrons. The van der Waals surface area contributed by atoms with Crippen molar-refractivity contribution in [1.82, 2.24) is 0 Å². The molecule has 0 atom stereocenters. The molecule has 0 aliphatic rings. The molecule has 0 saturated carbocycles. The van der Waals surface area contributed by atoms with Crippen LogP contribution in [0, 0.1) is 11.3 Å². The van der Waals surface area contributed by atoms with Crippen LogP contribution in [0.25, 0.3) is 6.08 Å². The number of anilines is 1. The molecule has 1 N–H and O–H groups in total. The van der Waals surface area contributed by atoms with Crippen LogP contribution in [0.15, 0.2) is 52.5 Å². The normalized spacial score (nSPS) is 10.7. The van der Waals surface area contributed by atoms with Gasteiger partial charge in [0.15, 0.2) is 0 Å². The van der Waals surface area contributed by atoms with E-state index in [0.717, 1.165) is 4.47 Å². The van der Waals surface area contributed by atoms with Gasteiger partial charge in [0.1, 0.15) is 23.1 Å². The molecular weight excluding hydrogens is 372 g/mol. The van der Waals surface area contributed by atoms with Crippen molar-refractivity contribution in [2.75, 3.05) is 19.5 Å². The van der Waals surface area contributed by atoms with Crippen molar-refractivity contribution in [3.63, 3.8) is 0 Å². The Morgan fingerprint density at radius 3 is 2.62 bits per heavy atom. The minimum atomic E-state index is -0.500. The van der Waals surface area contributed by atoms with Crippen molar-refractivity contribution in [2.45, 2.75) is 0 Å². The summed E-state index contributed by atoms with van der Waals surface area (Å²) < 4.78 is 11.3. The Morgan fingerprint density at radius 1 is 1.21 bits per heavy atom. The number of hydrogen-bond donors (Lipinski definition) is 1. The first kappa shape index (κ1) is 17.6. The molecule has 122 valence electrons. The molecule has 0 bridgehead atoms. The summed E-state index contributed by atoms with van der Waals surface area (Å²) in [4.78, 5) is 12.3. The molecule has 0 heterocycles. The first-order valence-electron chi connectivity index (χ1n) is 6.98. The number of carbonyl (C=O) groups is 1. The average molecular weight is 387 g/mol. The molecule has 2 aromatic rings. The molecule has 0 aromatic heterocycles. The number of amides is 1. The van der Waals surface area contributed by atoms with E-state index in [4.69, 9.17) is 9.47 Å². The van der Waals surface area contributed by atoms with Crippen molar-refractivity contribution in [3.8, 4) is 17.6 Å². The summed E-state index contributed by atoms with van der Waals surface area (Å²) in [6, 6.07) is 14.2. The number of halogens is 1. The lowest BCUT2D eigenvalue weighted by Gasteiger charge is -2.08. The zero-order valence-corrected chi connectivity index (χ0v) is 14.8. The third-order valence-corrected chi connectivity index (χ3v) is 3.68. The number of nitrogens with one attached hydrogen (secondary N) is 1. The number of nitriles is 1. The predicted molar refractivity (Wildman–Crippen MR) is 95.9 cm³/mol. The number of hydrogen-bond acceptors (Lipinski definition) is 4. The van der Waals surface area contributed by atoms with Gasteiger partial charge < -0.3 is 14.8 Å². The van der Waals surface area contributed by atoms with Crippen molar-refractivity contribution in [1.29, 1.82) is 5.26 Å². The van der Waals surface area contributed by atoms with Crippen LogP contribution in [0.1, 0.15) is 5.56 Å². The number of rotatable bonds is 5. The van der Waals surface area contributed by atoms with Gasteiger partial charge in [-0.05, 0) is 42.5 Å². The second-order valence-electron chi connectivity index (χ2n) is 4.74. The number of ether oxygens (including phenoxy) is 2. The van der Waals surface area contributed by atoms with Crippen molar-refractivity contribution >= 4 is 33.6 Å². The molecule has 0 unspecified atom stereocenters. The van der Waals surface area contributed by atoms with Gasteiger partial charge in [0.2, 0.25) is 0 Å².